The van der Waals surface area contributed by atoms with Crippen LogP contribution in [0.15, 0.2) is 17.5 Å². The van der Waals surface area contributed by atoms with Crippen molar-refractivity contribution in [2.45, 2.75) is 52.0 Å². The maximum atomic E-state index is 6.16. The molecule has 0 atom stereocenters. The standard InChI is InChI=1S/C16H28N2S/c1-2-18(12-15-8-7-11-19-15)14-16(13-17)9-5-3-4-6-10-16/h7-8,11H,2-6,9-10,12-14,17H2,1H3. The lowest BCUT2D eigenvalue weighted by molar-refractivity contribution is 0.136. The molecule has 1 aromatic rings. The van der Waals surface area contributed by atoms with E-state index in [9.17, 15) is 0 Å². The van der Waals surface area contributed by atoms with Crippen LogP contribution >= 0.6 is 11.3 Å². The van der Waals surface area contributed by atoms with Gasteiger partial charge in [0.2, 0.25) is 0 Å². The summed E-state index contributed by atoms with van der Waals surface area (Å²) in [6.45, 7) is 6.52. The summed E-state index contributed by atoms with van der Waals surface area (Å²) < 4.78 is 0. The van der Waals surface area contributed by atoms with E-state index in [0.29, 0.717) is 5.41 Å². The first kappa shape index (κ1) is 15.0. The molecule has 19 heavy (non-hydrogen) atoms. The molecular formula is C16H28N2S. The minimum atomic E-state index is 0.379. The molecular weight excluding hydrogens is 252 g/mol. The Morgan fingerprint density at radius 1 is 1.26 bits per heavy atom. The number of hydrogen-bond acceptors (Lipinski definition) is 3. The van der Waals surface area contributed by atoms with E-state index in [0.717, 1.165) is 19.6 Å². The lowest BCUT2D eigenvalue weighted by Gasteiger charge is -2.36. The topological polar surface area (TPSA) is 29.3 Å². The van der Waals surface area contributed by atoms with E-state index in [4.69, 9.17) is 5.73 Å². The number of rotatable bonds is 6. The van der Waals surface area contributed by atoms with Gasteiger partial charge in [-0.05, 0) is 42.8 Å². The molecule has 0 unspecified atom stereocenters. The van der Waals surface area contributed by atoms with E-state index in [2.05, 4.69) is 29.3 Å². The minimum absolute atomic E-state index is 0.379. The number of nitrogens with two attached hydrogens (primary N) is 1. The summed E-state index contributed by atoms with van der Waals surface area (Å²) in [4.78, 5) is 4.06. The summed E-state index contributed by atoms with van der Waals surface area (Å²) in [6, 6.07) is 4.40. The van der Waals surface area contributed by atoms with Crippen LogP contribution < -0.4 is 5.73 Å². The van der Waals surface area contributed by atoms with Crippen LogP contribution in [0.1, 0.15) is 50.3 Å². The van der Waals surface area contributed by atoms with Crippen LogP contribution in [-0.4, -0.2) is 24.5 Å². The lowest BCUT2D eigenvalue weighted by atomic mass is 9.80. The highest BCUT2D eigenvalue weighted by atomic mass is 32.1. The van der Waals surface area contributed by atoms with Crippen LogP contribution in [0.2, 0.25) is 0 Å². The summed E-state index contributed by atoms with van der Waals surface area (Å²) >= 11 is 1.87. The Bertz CT molecular complexity index is 340. The van der Waals surface area contributed by atoms with Crippen molar-refractivity contribution in [3.05, 3.63) is 22.4 Å². The maximum absolute atomic E-state index is 6.16. The molecule has 1 heterocycles. The van der Waals surface area contributed by atoms with E-state index in [1.807, 2.05) is 11.3 Å². The highest BCUT2D eigenvalue weighted by Crippen LogP contribution is 2.35. The normalized spacial score (nSPS) is 19.5. The van der Waals surface area contributed by atoms with Gasteiger partial charge >= 0.3 is 0 Å². The lowest BCUT2D eigenvalue weighted by Crippen LogP contribution is -2.42. The molecule has 108 valence electrons. The van der Waals surface area contributed by atoms with Gasteiger partial charge in [-0.15, -0.1) is 11.3 Å². The molecule has 1 fully saturated rings. The van der Waals surface area contributed by atoms with Crippen LogP contribution in [0, 0.1) is 5.41 Å². The fourth-order valence-corrected chi connectivity index (χ4v) is 4.03. The Morgan fingerprint density at radius 2 is 2.00 bits per heavy atom. The van der Waals surface area contributed by atoms with Gasteiger partial charge in [0, 0.05) is 18.0 Å². The second-order valence-corrected chi connectivity index (χ2v) is 7.03. The van der Waals surface area contributed by atoms with E-state index < -0.39 is 0 Å². The molecule has 0 saturated heterocycles. The van der Waals surface area contributed by atoms with Crippen LogP contribution in [0.3, 0.4) is 0 Å². The van der Waals surface area contributed by atoms with E-state index >= 15 is 0 Å². The number of hydrogen-bond donors (Lipinski definition) is 1. The third kappa shape index (κ3) is 4.30. The average Bonchev–Trinajstić information content (AvgIpc) is 2.83. The number of nitrogens with zero attached hydrogens (tertiary/aromatic N) is 1. The SMILES string of the molecule is CCN(Cc1cccs1)CC1(CN)CCCCCC1. The molecule has 2 rings (SSSR count). The third-order valence-electron chi connectivity index (χ3n) is 4.56. The molecule has 2 nitrogen and oxygen atoms in total. The van der Waals surface area contributed by atoms with Gasteiger partial charge in [-0.25, -0.2) is 0 Å². The van der Waals surface area contributed by atoms with Crippen molar-refractivity contribution in [2.24, 2.45) is 11.1 Å². The smallest absolute Gasteiger partial charge is 0.0328 e. The van der Waals surface area contributed by atoms with Gasteiger partial charge in [-0.2, -0.15) is 0 Å². The molecule has 0 aliphatic heterocycles. The molecule has 1 saturated carbocycles. The Morgan fingerprint density at radius 3 is 2.53 bits per heavy atom. The van der Waals surface area contributed by atoms with Gasteiger partial charge in [0.25, 0.3) is 0 Å². The van der Waals surface area contributed by atoms with Gasteiger partial charge in [-0.3, -0.25) is 4.90 Å². The average molecular weight is 280 g/mol. The van der Waals surface area contributed by atoms with Gasteiger partial charge < -0.3 is 5.73 Å². The van der Waals surface area contributed by atoms with Gasteiger partial charge in [0.05, 0.1) is 0 Å². The predicted octanol–water partition coefficient (Wildman–Crippen LogP) is 3.87. The summed E-state index contributed by atoms with van der Waals surface area (Å²) in [7, 11) is 0. The van der Waals surface area contributed by atoms with Gasteiger partial charge in [0.15, 0.2) is 0 Å². The van der Waals surface area contributed by atoms with Crippen molar-refractivity contribution in [3.8, 4) is 0 Å². The van der Waals surface area contributed by atoms with Crippen LogP contribution in [0.25, 0.3) is 0 Å². The fraction of sp³-hybridized carbons (Fsp3) is 0.750. The van der Waals surface area contributed by atoms with E-state index in [1.54, 1.807) is 0 Å². The van der Waals surface area contributed by atoms with E-state index in [-0.39, 0.29) is 0 Å². The van der Waals surface area contributed by atoms with Crippen molar-refractivity contribution in [1.29, 1.82) is 0 Å². The third-order valence-corrected chi connectivity index (χ3v) is 5.42. The molecule has 0 amide bonds. The van der Waals surface area contributed by atoms with Crippen molar-refractivity contribution >= 4 is 11.3 Å². The highest BCUT2D eigenvalue weighted by molar-refractivity contribution is 7.09. The first-order valence-corrected chi connectivity index (χ1v) is 8.61. The van der Waals surface area contributed by atoms with Crippen LogP contribution in [0.4, 0.5) is 0 Å². The molecule has 1 aliphatic carbocycles. The van der Waals surface area contributed by atoms with Crippen molar-refractivity contribution in [3.63, 3.8) is 0 Å². The van der Waals surface area contributed by atoms with Crippen molar-refractivity contribution in [2.75, 3.05) is 19.6 Å². The quantitative estimate of drug-likeness (QED) is 0.802. The molecule has 2 N–H and O–H groups in total. The van der Waals surface area contributed by atoms with Gasteiger partial charge in [-0.1, -0.05) is 38.7 Å². The monoisotopic (exact) mass is 280 g/mol. The molecule has 1 aromatic heterocycles. The zero-order valence-corrected chi connectivity index (χ0v) is 13.1. The Balaban J connectivity index is 1.97. The highest BCUT2D eigenvalue weighted by Gasteiger charge is 2.31. The Kier molecular flexibility index (Phi) is 5.86. The summed E-state index contributed by atoms with van der Waals surface area (Å²) in [5.74, 6) is 0. The summed E-state index contributed by atoms with van der Waals surface area (Å²) in [5, 5.41) is 2.17. The minimum Gasteiger partial charge on any atom is -0.330 e. The molecule has 0 spiro atoms. The maximum Gasteiger partial charge on any atom is 0.0328 e. The van der Waals surface area contributed by atoms with Crippen molar-refractivity contribution < 1.29 is 0 Å². The fourth-order valence-electron chi connectivity index (χ4n) is 3.28. The van der Waals surface area contributed by atoms with Gasteiger partial charge in [0.1, 0.15) is 0 Å². The van der Waals surface area contributed by atoms with Crippen LogP contribution in [-0.2, 0) is 6.54 Å². The van der Waals surface area contributed by atoms with Crippen LogP contribution in [0.5, 0.6) is 0 Å². The second-order valence-electron chi connectivity index (χ2n) is 6.00. The Labute approximate surface area is 122 Å². The predicted molar refractivity (Wildman–Crippen MR) is 84.5 cm³/mol. The summed E-state index contributed by atoms with van der Waals surface area (Å²) in [5.41, 5.74) is 6.54. The second kappa shape index (κ2) is 7.41. The first-order chi connectivity index (χ1) is 9.28. The largest absolute Gasteiger partial charge is 0.330 e. The number of thiophene rings is 1. The first-order valence-electron chi connectivity index (χ1n) is 7.73. The molecule has 0 radical (unpaired) electrons. The molecule has 0 bridgehead atoms. The molecule has 1 aliphatic rings. The molecule has 0 aromatic carbocycles. The summed E-state index contributed by atoms with van der Waals surface area (Å²) in [6.07, 6.45) is 8.19. The Hall–Kier alpha value is -0.380. The zero-order chi connectivity index (χ0) is 13.6. The van der Waals surface area contributed by atoms with E-state index in [1.165, 1.54) is 49.9 Å². The molecule has 3 heteroatoms. The zero-order valence-electron chi connectivity index (χ0n) is 12.2. The van der Waals surface area contributed by atoms with Crippen molar-refractivity contribution in [1.82, 2.24) is 4.90 Å².